The van der Waals surface area contributed by atoms with E-state index in [1.807, 2.05) is 32.6 Å². The summed E-state index contributed by atoms with van der Waals surface area (Å²) in [5, 5.41) is 6.00. The number of carbonyl (C=O) groups is 4. The van der Waals surface area contributed by atoms with E-state index in [-0.39, 0.29) is 26.9 Å². The van der Waals surface area contributed by atoms with Gasteiger partial charge in [-0.05, 0) is 31.6 Å². The maximum absolute atomic E-state index is 14.5. The van der Waals surface area contributed by atoms with Crippen LogP contribution in [0.4, 0.5) is 21.0 Å². The molecule has 1 saturated heterocycles. The number of ether oxygens (including phenoxy) is 2. The number of carbonyl (C=O) groups excluding carboxylic acids is 4. The number of nitrogens with zero attached hydrogens (tertiary/aromatic N) is 1. The first-order chi connectivity index (χ1) is 24.2. The summed E-state index contributed by atoms with van der Waals surface area (Å²) in [5.74, 6) is 1.71. The van der Waals surface area contributed by atoms with E-state index in [0.29, 0.717) is 47.8 Å². The fourth-order valence-corrected chi connectivity index (χ4v) is 11.5. The van der Waals surface area contributed by atoms with Gasteiger partial charge in [0.05, 0.1) is 0 Å². The molecule has 5 rings (SSSR count). The fraction of sp³-hybridized carbons (Fsp3) is 0.750. The average Bonchev–Trinajstić information content (AvgIpc) is 3.47. The Morgan fingerprint density at radius 2 is 1.75 bits per heavy atom. The second-order valence-corrected chi connectivity index (χ2v) is 19.5. The van der Waals surface area contributed by atoms with Crippen LogP contribution in [-0.2, 0) is 14.3 Å². The predicted octanol–water partition coefficient (Wildman–Crippen LogP) is 4.93. The van der Waals surface area contributed by atoms with Crippen molar-refractivity contribution in [3.05, 3.63) is 18.2 Å². The molecule has 4 unspecified atom stereocenters. The number of rotatable bonds is 15. The number of nitrogens with one attached hydrogen (secondary N) is 2. The number of alkyl carbamates (subject to hydrolysis) is 1. The van der Waals surface area contributed by atoms with Crippen LogP contribution in [0.3, 0.4) is 0 Å². The maximum atomic E-state index is 14.5. The molecule has 51 heavy (non-hydrogen) atoms. The van der Waals surface area contributed by atoms with Crippen molar-refractivity contribution in [3.8, 4) is 5.75 Å². The Labute approximate surface area is 315 Å². The van der Waals surface area contributed by atoms with Gasteiger partial charge in [-0.3, -0.25) is 9.59 Å². The molecule has 0 aromatic heterocycles. The number of amides is 3. The van der Waals surface area contributed by atoms with Crippen molar-refractivity contribution in [1.29, 1.82) is 0 Å². The van der Waals surface area contributed by atoms with Crippen molar-refractivity contribution < 1.29 is 49.9 Å². The number of methoxy groups -OCH3 is 1. The zero-order chi connectivity index (χ0) is 37.0. The molecule has 4 aliphatic rings. The molecule has 6 atom stereocenters. The van der Waals surface area contributed by atoms with E-state index in [4.69, 9.17) is 15.2 Å². The number of likely N-dealkylation sites (tertiary alicyclic amines) is 1. The van der Waals surface area contributed by atoms with Gasteiger partial charge < -0.3 is 4.90 Å². The van der Waals surface area contributed by atoms with Gasteiger partial charge in [-0.25, -0.2) is 0 Å². The number of unbranched alkanes of at least 4 members (excludes halogenated alkanes) is 1. The van der Waals surface area contributed by atoms with E-state index < -0.39 is 44.5 Å². The number of halogens is 1. The van der Waals surface area contributed by atoms with Crippen LogP contribution in [0.15, 0.2) is 18.2 Å². The van der Waals surface area contributed by atoms with E-state index in [2.05, 4.69) is 17.6 Å². The molecular formula is C40H62IN4O6-. The van der Waals surface area contributed by atoms with Crippen LogP contribution in [-0.4, -0.2) is 61.9 Å². The van der Waals surface area contributed by atoms with Crippen molar-refractivity contribution in [3.63, 3.8) is 0 Å². The predicted molar refractivity (Wildman–Crippen MR) is 196 cm³/mol. The van der Waals surface area contributed by atoms with Crippen LogP contribution < -0.4 is 42.3 Å². The summed E-state index contributed by atoms with van der Waals surface area (Å²) in [6, 6.07) is 4.54. The van der Waals surface area contributed by atoms with Gasteiger partial charge in [0.15, 0.2) is 5.78 Å². The SMILES string of the molecule is COc1ccc(N)c(NC(=O)[I-]CCCCC2CCC(C)(OC(=O)NC(CC3CCCCC3)C(=O)N3CC[C@@]4(C[C@H]4C)C3(C)C(=O)C(C)C)C2)c1. The number of anilines is 2. The first-order valence-corrected chi connectivity index (χ1v) is 22.0. The Morgan fingerprint density at radius 1 is 1.02 bits per heavy atom. The summed E-state index contributed by atoms with van der Waals surface area (Å²) in [6.07, 6.45) is 13.1. The zero-order valence-corrected chi connectivity index (χ0v) is 33.9. The van der Waals surface area contributed by atoms with Crippen molar-refractivity contribution in [2.75, 3.05) is 29.1 Å². The van der Waals surface area contributed by atoms with Crippen LogP contribution in [0.2, 0.25) is 0 Å². The standard InChI is InChI=1S/C40H62IN4O6/c1-26(2)34(46)39(5)40(24-27(40)3)19-21-45(39)35(47)33(22-28-12-8-7-9-13-28)44-37(49)51-38(4)18-17-29(25-38)14-10-11-20-41-36(48)43-32-23-30(50-6)15-16-31(32)42/h15-16,23,26-29,33H,7-14,17-22,24-25,42H2,1-6H3,(H,43,48)(H,44,49)/q-1/t27-,29?,33?,38?,39?,40+/m1/s1. The summed E-state index contributed by atoms with van der Waals surface area (Å²) in [7, 11) is 1.58. The third kappa shape index (κ3) is 8.98. The summed E-state index contributed by atoms with van der Waals surface area (Å²) < 4.78 is 12.3. The molecule has 286 valence electrons. The first kappa shape index (κ1) is 39.6. The third-order valence-corrected chi connectivity index (χ3v) is 15.0. The number of nitrogen functional groups attached to an aromatic ring is 1. The van der Waals surface area contributed by atoms with E-state index in [1.165, 1.54) is 6.42 Å². The Kier molecular flexibility index (Phi) is 12.9. The number of alkyl halides is 1. The van der Waals surface area contributed by atoms with Gasteiger partial charge in [-0.1, -0.05) is 52.9 Å². The fourth-order valence-electron chi connectivity index (χ4n) is 9.65. The number of hydrogen-bond donors (Lipinski definition) is 3. The summed E-state index contributed by atoms with van der Waals surface area (Å²) in [4.78, 5) is 56.3. The third-order valence-electron chi connectivity index (χ3n) is 12.7. The number of hydrogen-bond acceptors (Lipinski definition) is 7. The Morgan fingerprint density at radius 3 is 2.41 bits per heavy atom. The molecule has 4 N–H and O–H groups in total. The summed E-state index contributed by atoms with van der Waals surface area (Å²) in [6.45, 7) is 10.6. The number of benzene rings is 1. The molecule has 11 heteroatoms. The minimum atomic E-state index is -0.853. The van der Waals surface area contributed by atoms with Gasteiger partial charge in [0.2, 0.25) is 0 Å². The van der Waals surface area contributed by atoms with Gasteiger partial charge in [0, 0.05) is 17.9 Å². The molecule has 1 heterocycles. The quantitative estimate of drug-likeness (QED) is 0.0570. The van der Waals surface area contributed by atoms with Crippen molar-refractivity contribution >= 4 is 33.1 Å². The molecule has 3 aliphatic carbocycles. The molecule has 0 radical (unpaired) electrons. The van der Waals surface area contributed by atoms with Crippen molar-refractivity contribution in [2.24, 2.45) is 29.1 Å². The second kappa shape index (κ2) is 16.6. The van der Waals surface area contributed by atoms with Crippen molar-refractivity contribution in [2.45, 2.75) is 142 Å². The van der Waals surface area contributed by atoms with Crippen LogP contribution in [0.5, 0.6) is 5.75 Å². The van der Waals surface area contributed by atoms with E-state index in [1.54, 1.807) is 25.3 Å². The van der Waals surface area contributed by atoms with Crippen LogP contribution in [0.1, 0.15) is 125 Å². The molecule has 1 aromatic rings. The van der Waals surface area contributed by atoms with E-state index in [9.17, 15) is 19.2 Å². The second-order valence-electron chi connectivity index (χ2n) is 16.6. The molecule has 4 fully saturated rings. The topological polar surface area (TPSA) is 140 Å². The number of ketones is 1. The first-order valence-electron chi connectivity index (χ1n) is 19.4. The summed E-state index contributed by atoms with van der Waals surface area (Å²) in [5.41, 5.74) is 5.53. The normalized spacial score (nSPS) is 29.7. The number of Topliss-reactive ketones (excluding diaryl/α,β-unsaturated/α-hetero) is 1. The van der Waals surface area contributed by atoms with Gasteiger partial charge in [-0.15, -0.1) is 0 Å². The Balaban J connectivity index is 1.12. The Bertz CT molecular complexity index is 1430. The molecule has 3 saturated carbocycles. The van der Waals surface area contributed by atoms with E-state index in [0.717, 1.165) is 81.5 Å². The Hall–Kier alpha value is -2.57. The average molecular weight is 822 g/mol. The molecule has 0 bridgehead atoms. The molecule has 1 aromatic carbocycles. The van der Waals surface area contributed by atoms with Crippen molar-refractivity contribution in [1.82, 2.24) is 10.2 Å². The molecule has 10 nitrogen and oxygen atoms in total. The van der Waals surface area contributed by atoms with E-state index >= 15 is 0 Å². The van der Waals surface area contributed by atoms with Gasteiger partial charge >= 0.3 is 189 Å². The molecular weight excluding hydrogens is 759 g/mol. The van der Waals surface area contributed by atoms with Gasteiger partial charge in [-0.2, -0.15) is 0 Å². The van der Waals surface area contributed by atoms with Crippen LogP contribution >= 0.6 is 0 Å². The molecule has 1 spiro atoms. The minimum absolute atomic E-state index is 0.0457. The van der Waals surface area contributed by atoms with Gasteiger partial charge in [0.1, 0.15) is 5.54 Å². The van der Waals surface area contributed by atoms with Crippen LogP contribution in [0.25, 0.3) is 0 Å². The summed E-state index contributed by atoms with van der Waals surface area (Å²) >= 11 is -0.665. The molecule has 1 aliphatic heterocycles. The van der Waals surface area contributed by atoms with Crippen LogP contribution in [0, 0.1) is 29.1 Å². The molecule has 3 amide bonds. The number of nitrogens with two attached hydrogens (primary N) is 1. The van der Waals surface area contributed by atoms with Gasteiger partial charge in [0.25, 0.3) is 0 Å². The monoisotopic (exact) mass is 821 g/mol. The zero-order valence-electron chi connectivity index (χ0n) is 31.8.